The van der Waals surface area contributed by atoms with Crippen LogP contribution in [-0.4, -0.2) is 12.1 Å². The Morgan fingerprint density at radius 2 is 1.44 bits per heavy atom. The van der Waals surface area contributed by atoms with Crippen molar-refractivity contribution in [3.63, 3.8) is 0 Å². The first kappa shape index (κ1) is 17.1. The van der Waals surface area contributed by atoms with Gasteiger partial charge in [0.1, 0.15) is 12.1 Å². The van der Waals surface area contributed by atoms with Crippen molar-refractivity contribution < 1.29 is 9.59 Å². The first-order valence-corrected chi connectivity index (χ1v) is 7.41. The smallest absolute Gasteiger partial charge is 0.132 e. The number of carbonyl (C=O) groups excluding carboxylic acids is 2. The second-order valence-corrected chi connectivity index (χ2v) is 4.81. The minimum absolute atomic E-state index is 0.299. The Labute approximate surface area is 112 Å². The van der Waals surface area contributed by atoms with Crippen molar-refractivity contribution in [1.82, 2.24) is 0 Å². The molecule has 0 saturated heterocycles. The number of aldehydes is 1. The highest BCUT2D eigenvalue weighted by atomic mass is 16.1. The summed E-state index contributed by atoms with van der Waals surface area (Å²) in [6.45, 7) is 2.22. The molecule has 0 aromatic carbocycles. The van der Waals surface area contributed by atoms with Crippen LogP contribution in [0.15, 0.2) is 12.2 Å². The van der Waals surface area contributed by atoms with Crippen molar-refractivity contribution >= 4 is 12.1 Å². The molecule has 0 atom stereocenters. The quantitative estimate of drug-likeness (QED) is 0.272. The van der Waals surface area contributed by atoms with Gasteiger partial charge in [0.2, 0.25) is 0 Å². The molecule has 0 heterocycles. The molecule has 0 radical (unpaired) electrons. The van der Waals surface area contributed by atoms with Gasteiger partial charge in [-0.3, -0.25) is 4.79 Å². The van der Waals surface area contributed by atoms with Crippen LogP contribution >= 0.6 is 0 Å². The SMILES string of the molecule is CCCCCCC=CCCCC(=O)CCCC=O. The van der Waals surface area contributed by atoms with Crippen LogP contribution < -0.4 is 0 Å². The maximum absolute atomic E-state index is 11.4. The highest BCUT2D eigenvalue weighted by Gasteiger charge is 2.00. The third-order valence-corrected chi connectivity index (χ3v) is 3.00. The summed E-state index contributed by atoms with van der Waals surface area (Å²) in [5.74, 6) is 0.299. The molecule has 0 saturated carbocycles. The van der Waals surface area contributed by atoms with Gasteiger partial charge in [-0.2, -0.15) is 0 Å². The van der Waals surface area contributed by atoms with Crippen LogP contribution in [-0.2, 0) is 9.59 Å². The average Bonchev–Trinajstić information content (AvgIpc) is 2.37. The fraction of sp³-hybridized carbons (Fsp3) is 0.750. The van der Waals surface area contributed by atoms with Crippen molar-refractivity contribution in [3.05, 3.63) is 12.2 Å². The molecule has 0 unspecified atom stereocenters. The first-order chi connectivity index (χ1) is 8.81. The molecule has 0 aliphatic rings. The van der Waals surface area contributed by atoms with E-state index >= 15 is 0 Å². The third-order valence-electron chi connectivity index (χ3n) is 3.00. The number of ketones is 1. The van der Waals surface area contributed by atoms with Crippen LogP contribution in [0.25, 0.3) is 0 Å². The Kier molecular flexibility index (Phi) is 13.4. The average molecular weight is 252 g/mol. The molecule has 0 aromatic heterocycles. The van der Waals surface area contributed by atoms with E-state index in [9.17, 15) is 9.59 Å². The van der Waals surface area contributed by atoms with Crippen LogP contribution in [0.4, 0.5) is 0 Å². The first-order valence-electron chi connectivity index (χ1n) is 7.41. The molecule has 0 aromatic rings. The van der Waals surface area contributed by atoms with Gasteiger partial charge in [-0.15, -0.1) is 0 Å². The van der Waals surface area contributed by atoms with E-state index in [2.05, 4.69) is 19.1 Å². The summed E-state index contributed by atoms with van der Waals surface area (Å²) in [4.78, 5) is 21.5. The van der Waals surface area contributed by atoms with E-state index in [0.717, 1.165) is 25.5 Å². The number of allylic oxidation sites excluding steroid dienone is 2. The molecule has 2 nitrogen and oxygen atoms in total. The maximum Gasteiger partial charge on any atom is 0.132 e. The predicted molar refractivity (Wildman–Crippen MR) is 76.7 cm³/mol. The molecular weight excluding hydrogens is 224 g/mol. The summed E-state index contributed by atoms with van der Waals surface area (Å²) >= 11 is 0. The lowest BCUT2D eigenvalue weighted by Crippen LogP contribution is -1.97. The molecule has 0 amide bonds. The van der Waals surface area contributed by atoms with Crippen molar-refractivity contribution in [2.24, 2.45) is 0 Å². The fourth-order valence-electron chi connectivity index (χ4n) is 1.85. The number of hydrogen-bond acceptors (Lipinski definition) is 2. The number of rotatable bonds is 13. The summed E-state index contributed by atoms with van der Waals surface area (Å²) in [5, 5.41) is 0. The zero-order chi connectivity index (χ0) is 13.5. The second kappa shape index (κ2) is 14.1. The van der Waals surface area contributed by atoms with Crippen LogP contribution in [0.3, 0.4) is 0 Å². The summed E-state index contributed by atoms with van der Waals surface area (Å²) in [6.07, 6.45) is 16.2. The fourth-order valence-corrected chi connectivity index (χ4v) is 1.85. The van der Waals surface area contributed by atoms with Crippen LogP contribution in [0, 0.1) is 0 Å². The van der Waals surface area contributed by atoms with Crippen LogP contribution in [0.2, 0.25) is 0 Å². The second-order valence-electron chi connectivity index (χ2n) is 4.81. The molecule has 0 spiro atoms. The van der Waals surface area contributed by atoms with Crippen LogP contribution in [0.1, 0.15) is 77.6 Å². The van der Waals surface area contributed by atoms with Gasteiger partial charge in [0.25, 0.3) is 0 Å². The monoisotopic (exact) mass is 252 g/mol. The van der Waals surface area contributed by atoms with Crippen molar-refractivity contribution in [2.45, 2.75) is 77.6 Å². The Morgan fingerprint density at radius 1 is 0.833 bits per heavy atom. The maximum atomic E-state index is 11.4. The van der Waals surface area contributed by atoms with Gasteiger partial charge in [-0.05, 0) is 32.1 Å². The lowest BCUT2D eigenvalue weighted by molar-refractivity contribution is -0.119. The largest absolute Gasteiger partial charge is 0.303 e. The molecule has 2 heteroatoms. The number of hydrogen-bond donors (Lipinski definition) is 0. The molecule has 0 N–H and O–H groups in total. The van der Waals surface area contributed by atoms with Gasteiger partial charge in [-0.25, -0.2) is 0 Å². The molecule has 104 valence electrons. The summed E-state index contributed by atoms with van der Waals surface area (Å²) in [6, 6.07) is 0. The van der Waals surface area contributed by atoms with Gasteiger partial charge in [-0.1, -0.05) is 38.3 Å². The highest BCUT2D eigenvalue weighted by molar-refractivity contribution is 5.78. The van der Waals surface area contributed by atoms with Crippen molar-refractivity contribution in [2.75, 3.05) is 0 Å². The Bertz CT molecular complexity index is 231. The van der Waals surface area contributed by atoms with Crippen molar-refractivity contribution in [3.8, 4) is 0 Å². The number of Topliss-reactive ketones (excluding diaryl/α,β-unsaturated/α-hetero) is 1. The third kappa shape index (κ3) is 13.1. The Hall–Kier alpha value is -0.920. The summed E-state index contributed by atoms with van der Waals surface area (Å²) in [5.41, 5.74) is 0. The Morgan fingerprint density at radius 3 is 2.06 bits per heavy atom. The summed E-state index contributed by atoms with van der Waals surface area (Å²) in [7, 11) is 0. The standard InChI is InChI=1S/C16H28O2/c1-2-3-4-5-6-7-8-9-10-13-16(18)14-11-12-15-17/h7-8,15H,2-6,9-14H2,1H3. The molecule has 0 aliphatic carbocycles. The summed E-state index contributed by atoms with van der Waals surface area (Å²) < 4.78 is 0. The van der Waals surface area contributed by atoms with Gasteiger partial charge in [0.15, 0.2) is 0 Å². The van der Waals surface area contributed by atoms with E-state index in [0.29, 0.717) is 25.0 Å². The van der Waals surface area contributed by atoms with E-state index in [-0.39, 0.29) is 0 Å². The predicted octanol–water partition coefficient (Wildman–Crippen LogP) is 4.62. The van der Waals surface area contributed by atoms with E-state index in [1.807, 2.05) is 0 Å². The lowest BCUT2D eigenvalue weighted by Gasteiger charge is -1.97. The number of unbranched alkanes of at least 4 members (excludes halogenated alkanes) is 6. The molecule has 0 fully saturated rings. The lowest BCUT2D eigenvalue weighted by atomic mass is 10.1. The highest BCUT2D eigenvalue weighted by Crippen LogP contribution is 2.06. The molecule has 0 aliphatic heterocycles. The van der Waals surface area contributed by atoms with Gasteiger partial charge in [0.05, 0.1) is 0 Å². The van der Waals surface area contributed by atoms with E-state index in [1.165, 1.54) is 32.1 Å². The Balaban J connectivity index is 3.25. The van der Waals surface area contributed by atoms with Gasteiger partial charge in [0, 0.05) is 19.3 Å². The minimum Gasteiger partial charge on any atom is -0.303 e. The molecular formula is C16H28O2. The number of carbonyl (C=O) groups is 2. The zero-order valence-corrected chi connectivity index (χ0v) is 11.8. The van der Waals surface area contributed by atoms with Crippen molar-refractivity contribution in [1.29, 1.82) is 0 Å². The van der Waals surface area contributed by atoms with E-state index in [1.54, 1.807) is 0 Å². The van der Waals surface area contributed by atoms with E-state index in [4.69, 9.17) is 0 Å². The van der Waals surface area contributed by atoms with Crippen LogP contribution in [0.5, 0.6) is 0 Å². The normalized spacial score (nSPS) is 10.9. The van der Waals surface area contributed by atoms with Gasteiger partial charge < -0.3 is 4.79 Å². The van der Waals surface area contributed by atoms with Gasteiger partial charge >= 0.3 is 0 Å². The molecule has 0 rings (SSSR count). The topological polar surface area (TPSA) is 34.1 Å². The van der Waals surface area contributed by atoms with E-state index < -0.39 is 0 Å². The molecule has 0 bridgehead atoms. The molecule has 18 heavy (non-hydrogen) atoms. The minimum atomic E-state index is 0.299. The zero-order valence-electron chi connectivity index (χ0n) is 11.8.